The third-order valence-corrected chi connectivity index (χ3v) is 4.39. The number of fused-ring (bicyclic) bond motifs is 3. The van der Waals surface area contributed by atoms with Crippen molar-refractivity contribution >= 4 is 0 Å². The summed E-state index contributed by atoms with van der Waals surface area (Å²) in [5.41, 5.74) is 1.20. The number of aromatic nitrogens is 2. The van der Waals surface area contributed by atoms with Gasteiger partial charge in [-0.1, -0.05) is 13.8 Å². The molecule has 3 rings (SSSR count). The Kier molecular flexibility index (Phi) is 4.52. The lowest BCUT2D eigenvalue weighted by Gasteiger charge is -2.29. The minimum Gasteiger partial charge on any atom is -0.379 e. The molecule has 0 radical (unpaired) electrons. The fourth-order valence-electron chi connectivity index (χ4n) is 3.34. The van der Waals surface area contributed by atoms with Gasteiger partial charge in [0.25, 0.3) is 0 Å². The Morgan fingerprint density at radius 3 is 2.67 bits per heavy atom. The summed E-state index contributed by atoms with van der Waals surface area (Å²) in [6, 6.07) is 0.479. The van der Waals surface area contributed by atoms with Crippen LogP contribution in [-0.4, -0.2) is 65.7 Å². The van der Waals surface area contributed by atoms with Gasteiger partial charge in [-0.2, -0.15) is 0 Å². The lowest BCUT2D eigenvalue weighted by Crippen LogP contribution is -2.42. The summed E-state index contributed by atoms with van der Waals surface area (Å²) in [4.78, 5) is 14.0. The van der Waals surface area contributed by atoms with Gasteiger partial charge in [-0.05, 0) is 7.05 Å². The van der Waals surface area contributed by atoms with Crippen molar-refractivity contribution in [2.75, 3.05) is 39.9 Å². The molecule has 0 unspecified atom stereocenters. The van der Waals surface area contributed by atoms with Gasteiger partial charge in [-0.15, -0.1) is 0 Å². The van der Waals surface area contributed by atoms with Gasteiger partial charge >= 0.3 is 0 Å². The summed E-state index contributed by atoms with van der Waals surface area (Å²) in [5, 5.41) is 0. The van der Waals surface area contributed by atoms with Crippen LogP contribution in [0.15, 0.2) is 12.4 Å². The zero-order valence-corrected chi connectivity index (χ0v) is 13.3. The molecule has 21 heavy (non-hydrogen) atoms. The Bertz CT molecular complexity index is 462. The smallest absolute Gasteiger partial charge is 0.130 e. The highest BCUT2D eigenvalue weighted by atomic mass is 16.5. The maximum atomic E-state index is 5.83. The molecule has 2 aliphatic rings. The maximum absolute atomic E-state index is 5.83. The highest BCUT2D eigenvalue weighted by Crippen LogP contribution is 2.20. The Hall–Kier alpha value is -1.04. The first-order valence-electron chi connectivity index (χ1n) is 7.93. The highest BCUT2D eigenvalue weighted by molar-refractivity contribution is 5.07. The Morgan fingerprint density at radius 2 is 1.95 bits per heavy atom. The summed E-state index contributed by atoms with van der Waals surface area (Å²) < 4.78 is 5.83. The van der Waals surface area contributed by atoms with E-state index in [1.807, 2.05) is 12.4 Å². The first-order chi connectivity index (χ1) is 10.1. The number of rotatable bonds is 3. The topological polar surface area (TPSA) is 41.5 Å². The van der Waals surface area contributed by atoms with Crippen LogP contribution in [0.2, 0.25) is 0 Å². The Labute approximate surface area is 127 Å². The molecule has 2 aliphatic heterocycles. The van der Waals surface area contributed by atoms with Gasteiger partial charge in [0.05, 0.1) is 13.2 Å². The number of ether oxygens (including phenoxy) is 1. The van der Waals surface area contributed by atoms with Gasteiger partial charge in [-0.3, -0.25) is 4.90 Å². The van der Waals surface area contributed by atoms with E-state index in [0.717, 1.165) is 45.2 Å². The summed E-state index contributed by atoms with van der Waals surface area (Å²) >= 11 is 0. The molecule has 5 nitrogen and oxygen atoms in total. The molecule has 2 atom stereocenters. The van der Waals surface area contributed by atoms with E-state index in [4.69, 9.17) is 4.74 Å². The largest absolute Gasteiger partial charge is 0.379 e. The highest BCUT2D eigenvalue weighted by Gasteiger charge is 2.31. The minimum atomic E-state index is 0.387. The van der Waals surface area contributed by atoms with Crippen LogP contribution in [-0.2, 0) is 11.3 Å². The third-order valence-electron chi connectivity index (χ3n) is 4.39. The van der Waals surface area contributed by atoms with Gasteiger partial charge in [0.1, 0.15) is 5.82 Å². The van der Waals surface area contributed by atoms with Crippen molar-refractivity contribution in [2.24, 2.45) is 5.92 Å². The predicted octanol–water partition coefficient (Wildman–Crippen LogP) is 1.36. The molecule has 2 saturated heterocycles. The molecular weight excluding hydrogens is 264 g/mol. The summed E-state index contributed by atoms with van der Waals surface area (Å²) in [7, 11) is 2.22. The molecule has 1 aromatic heterocycles. The molecule has 0 amide bonds. The van der Waals surface area contributed by atoms with Crippen LogP contribution < -0.4 is 0 Å². The van der Waals surface area contributed by atoms with Crippen LogP contribution in [0.5, 0.6) is 0 Å². The lowest BCUT2D eigenvalue weighted by molar-refractivity contribution is 0.0561. The normalized spacial score (nSPS) is 27.8. The van der Waals surface area contributed by atoms with Crippen molar-refractivity contribution in [3.05, 3.63) is 23.8 Å². The van der Waals surface area contributed by atoms with Gasteiger partial charge < -0.3 is 9.64 Å². The SMILES string of the molecule is CC(C)c1ncc(CN2C[C@H]3COC[C@@H]2CN(C)C3)cn1. The van der Waals surface area contributed by atoms with E-state index in [-0.39, 0.29) is 0 Å². The van der Waals surface area contributed by atoms with Gasteiger partial charge in [0.15, 0.2) is 0 Å². The van der Waals surface area contributed by atoms with Crippen molar-refractivity contribution in [3.63, 3.8) is 0 Å². The number of hydrogen-bond donors (Lipinski definition) is 0. The van der Waals surface area contributed by atoms with E-state index in [9.17, 15) is 0 Å². The fraction of sp³-hybridized carbons (Fsp3) is 0.750. The zero-order valence-electron chi connectivity index (χ0n) is 13.3. The van der Waals surface area contributed by atoms with Crippen LogP contribution in [0.4, 0.5) is 0 Å². The summed E-state index contributed by atoms with van der Waals surface area (Å²) in [6.07, 6.45) is 3.98. The molecule has 0 aromatic carbocycles. The van der Waals surface area contributed by atoms with Crippen molar-refractivity contribution in [2.45, 2.75) is 32.4 Å². The molecule has 0 saturated carbocycles. The van der Waals surface area contributed by atoms with E-state index in [0.29, 0.717) is 17.9 Å². The van der Waals surface area contributed by atoms with Crippen LogP contribution in [0, 0.1) is 5.92 Å². The van der Waals surface area contributed by atoms with Crippen LogP contribution in [0.1, 0.15) is 31.2 Å². The second-order valence-electron chi connectivity index (χ2n) is 6.81. The monoisotopic (exact) mass is 290 g/mol. The van der Waals surface area contributed by atoms with E-state index in [2.05, 4.69) is 40.7 Å². The Morgan fingerprint density at radius 1 is 1.19 bits per heavy atom. The fourth-order valence-corrected chi connectivity index (χ4v) is 3.34. The molecule has 116 valence electrons. The maximum Gasteiger partial charge on any atom is 0.130 e. The first kappa shape index (κ1) is 14.9. The second kappa shape index (κ2) is 6.38. The van der Waals surface area contributed by atoms with Gasteiger partial charge in [0, 0.05) is 62.0 Å². The van der Waals surface area contributed by atoms with E-state index >= 15 is 0 Å². The Balaban J connectivity index is 1.71. The number of likely N-dealkylation sites (N-methyl/N-ethyl adjacent to an activating group) is 1. The average Bonchev–Trinajstić information content (AvgIpc) is 2.69. The standard InChI is InChI=1S/C16H26N4O/c1-12(2)16-17-4-13(5-18-16)7-20-8-14-6-19(3)9-15(20)11-21-10-14/h4-5,12,14-15H,6-11H2,1-3H3/t14-,15-/m0/s1. The van der Waals surface area contributed by atoms with Gasteiger partial charge in [-0.25, -0.2) is 9.97 Å². The molecule has 0 aliphatic carbocycles. The van der Waals surface area contributed by atoms with Crippen LogP contribution in [0.3, 0.4) is 0 Å². The van der Waals surface area contributed by atoms with E-state index in [1.165, 1.54) is 5.56 Å². The van der Waals surface area contributed by atoms with E-state index in [1.54, 1.807) is 0 Å². The molecule has 1 aromatic rings. The van der Waals surface area contributed by atoms with Gasteiger partial charge in [0.2, 0.25) is 0 Å². The predicted molar refractivity (Wildman–Crippen MR) is 82.1 cm³/mol. The number of hydrogen-bond acceptors (Lipinski definition) is 5. The summed E-state index contributed by atoms with van der Waals surface area (Å²) in [5.74, 6) is 1.92. The second-order valence-corrected chi connectivity index (χ2v) is 6.81. The molecule has 0 N–H and O–H groups in total. The van der Waals surface area contributed by atoms with E-state index < -0.39 is 0 Å². The van der Waals surface area contributed by atoms with Crippen molar-refractivity contribution < 1.29 is 4.74 Å². The molecule has 0 spiro atoms. The minimum absolute atomic E-state index is 0.387. The molecule has 3 heterocycles. The van der Waals surface area contributed by atoms with Crippen molar-refractivity contribution in [1.82, 2.24) is 19.8 Å². The van der Waals surface area contributed by atoms with Crippen molar-refractivity contribution in [3.8, 4) is 0 Å². The average molecular weight is 290 g/mol. The number of nitrogens with zero attached hydrogens (tertiary/aromatic N) is 4. The molecule has 2 fully saturated rings. The molecular formula is C16H26N4O. The van der Waals surface area contributed by atoms with Crippen LogP contribution in [0.25, 0.3) is 0 Å². The third kappa shape index (κ3) is 3.59. The summed E-state index contributed by atoms with van der Waals surface area (Å²) in [6.45, 7) is 10.2. The quantitative estimate of drug-likeness (QED) is 0.841. The van der Waals surface area contributed by atoms with Crippen molar-refractivity contribution in [1.29, 1.82) is 0 Å². The zero-order chi connectivity index (χ0) is 14.8. The first-order valence-corrected chi connectivity index (χ1v) is 7.93. The molecule has 5 heteroatoms. The molecule has 2 bridgehead atoms. The lowest BCUT2D eigenvalue weighted by atomic mass is 10.1. The van der Waals surface area contributed by atoms with Crippen LogP contribution >= 0.6 is 0 Å².